The number of hydrogen-bond donors (Lipinski definition) is 0. The van der Waals surface area contributed by atoms with E-state index >= 15 is 0 Å². The number of Topliss-reactive ketones (excluding diaryl/α,β-unsaturated/α-hetero) is 1. The molecule has 4 heteroatoms. The van der Waals surface area contributed by atoms with Gasteiger partial charge in [0.25, 0.3) is 0 Å². The number of fused-ring (bicyclic) bond motifs is 2. The van der Waals surface area contributed by atoms with Gasteiger partial charge >= 0.3 is 0 Å². The molecule has 4 nitrogen and oxygen atoms in total. The van der Waals surface area contributed by atoms with Gasteiger partial charge in [0.15, 0.2) is 5.78 Å². The van der Waals surface area contributed by atoms with Gasteiger partial charge in [-0.15, -0.1) is 0 Å². The number of pyridine rings is 2. The first kappa shape index (κ1) is 11.3. The quantitative estimate of drug-likeness (QED) is 0.678. The molecule has 0 fully saturated rings. The van der Waals surface area contributed by atoms with Gasteiger partial charge in [0.1, 0.15) is 0 Å². The van der Waals surface area contributed by atoms with Gasteiger partial charge in [-0.05, 0) is 42.2 Å². The molecule has 0 bridgehead atoms. The lowest BCUT2D eigenvalue weighted by Gasteiger charge is -2.17. The normalized spacial score (nSPS) is 14.5. The summed E-state index contributed by atoms with van der Waals surface area (Å²) in [6, 6.07) is 6.08. The molecule has 0 radical (unpaired) electrons. The van der Waals surface area contributed by atoms with E-state index in [1.54, 1.807) is 12.4 Å². The molecule has 0 unspecified atom stereocenters. The maximum atomic E-state index is 12.0. The topological polar surface area (TPSA) is 47.3 Å². The number of aromatic nitrogens is 3. The number of rotatable bonds is 1. The van der Waals surface area contributed by atoms with Crippen molar-refractivity contribution in [2.75, 3.05) is 0 Å². The highest BCUT2D eigenvalue weighted by molar-refractivity contribution is 5.99. The van der Waals surface area contributed by atoms with Crippen LogP contribution in [0.15, 0.2) is 43.0 Å². The fourth-order valence-electron chi connectivity index (χ4n) is 2.90. The minimum Gasteiger partial charge on any atom is -0.294 e. The summed E-state index contributed by atoms with van der Waals surface area (Å²) in [5.74, 6) is 0.214. The second kappa shape index (κ2) is 4.27. The first-order valence-electron chi connectivity index (χ1n) is 6.77. The Labute approximate surface area is 116 Å². The molecule has 20 heavy (non-hydrogen) atoms. The van der Waals surface area contributed by atoms with Gasteiger partial charge in [-0.2, -0.15) is 5.10 Å². The van der Waals surface area contributed by atoms with E-state index in [4.69, 9.17) is 0 Å². The minimum atomic E-state index is 0.214. The molecule has 0 aliphatic heterocycles. The highest BCUT2D eigenvalue weighted by Crippen LogP contribution is 2.31. The second-order valence-electron chi connectivity index (χ2n) is 5.11. The lowest BCUT2D eigenvalue weighted by Crippen LogP contribution is -2.12. The average molecular weight is 263 g/mol. The van der Waals surface area contributed by atoms with Crippen molar-refractivity contribution in [2.45, 2.75) is 19.3 Å². The Morgan fingerprint density at radius 2 is 2.00 bits per heavy atom. The number of ketones is 1. The molecular weight excluding hydrogens is 250 g/mol. The molecule has 0 atom stereocenters. The molecule has 0 aromatic carbocycles. The number of nitrogens with zero attached hydrogens (tertiary/aromatic N) is 3. The molecule has 3 aromatic heterocycles. The van der Waals surface area contributed by atoms with E-state index in [9.17, 15) is 4.79 Å². The van der Waals surface area contributed by atoms with Crippen LogP contribution < -0.4 is 0 Å². The first-order valence-corrected chi connectivity index (χ1v) is 6.77. The molecule has 98 valence electrons. The standard InChI is InChI=1S/C16H13N3O/c20-16-3-1-2-13-14(9-17-10-15(13)16)11-5-7-19-12(8-11)4-6-18-19/h4-10H,1-3H2. The largest absolute Gasteiger partial charge is 0.294 e. The maximum Gasteiger partial charge on any atom is 0.164 e. The van der Waals surface area contributed by atoms with Gasteiger partial charge in [0.2, 0.25) is 0 Å². The van der Waals surface area contributed by atoms with E-state index in [0.29, 0.717) is 6.42 Å². The summed E-state index contributed by atoms with van der Waals surface area (Å²) < 4.78 is 1.83. The Kier molecular flexibility index (Phi) is 2.42. The molecule has 0 saturated carbocycles. The molecule has 1 aliphatic carbocycles. The third-order valence-electron chi connectivity index (χ3n) is 3.90. The third-order valence-corrected chi connectivity index (χ3v) is 3.90. The number of hydrogen-bond acceptors (Lipinski definition) is 3. The van der Waals surface area contributed by atoms with Crippen LogP contribution in [-0.2, 0) is 6.42 Å². The Balaban J connectivity index is 1.93. The van der Waals surface area contributed by atoms with E-state index in [-0.39, 0.29) is 5.78 Å². The monoisotopic (exact) mass is 263 g/mol. The van der Waals surface area contributed by atoms with Crippen molar-refractivity contribution in [3.63, 3.8) is 0 Å². The maximum absolute atomic E-state index is 12.0. The van der Waals surface area contributed by atoms with Crippen LogP contribution in [0, 0.1) is 0 Å². The van der Waals surface area contributed by atoms with Crippen LogP contribution in [0.2, 0.25) is 0 Å². The molecule has 4 rings (SSSR count). The van der Waals surface area contributed by atoms with E-state index in [1.807, 2.05) is 29.0 Å². The molecule has 0 spiro atoms. The van der Waals surface area contributed by atoms with E-state index in [1.165, 1.54) is 0 Å². The van der Waals surface area contributed by atoms with Gasteiger partial charge < -0.3 is 0 Å². The summed E-state index contributed by atoms with van der Waals surface area (Å²) in [5.41, 5.74) is 5.14. The molecule has 3 aromatic rings. The van der Waals surface area contributed by atoms with Gasteiger partial charge in [-0.3, -0.25) is 9.78 Å². The molecular formula is C16H13N3O. The Bertz CT molecular complexity index is 819. The first-order chi connectivity index (χ1) is 9.83. The zero-order chi connectivity index (χ0) is 13.5. The number of carbonyl (C=O) groups is 1. The van der Waals surface area contributed by atoms with Crippen LogP contribution in [0.1, 0.15) is 28.8 Å². The molecule has 1 aliphatic rings. The Hall–Kier alpha value is -2.49. The lowest BCUT2D eigenvalue weighted by molar-refractivity contribution is 0.0972. The summed E-state index contributed by atoms with van der Waals surface area (Å²) in [6.45, 7) is 0. The predicted octanol–water partition coefficient (Wildman–Crippen LogP) is 2.92. The van der Waals surface area contributed by atoms with Gasteiger partial charge in [0.05, 0.1) is 5.52 Å². The van der Waals surface area contributed by atoms with E-state index in [0.717, 1.165) is 40.6 Å². The fourth-order valence-corrected chi connectivity index (χ4v) is 2.90. The molecule has 0 N–H and O–H groups in total. The van der Waals surface area contributed by atoms with Gasteiger partial charge in [0, 0.05) is 42.3 Å². The van der Waals surface area contributed by atoms with Gasteiger partial charge in [-0.1, -0.05) is 0 Å². The van der Waals surface area contributed by atoms with Crippen LogP contribution >= 0.6 is 0 Å². The van der Waals surface area contributed by atoms with Crippen molar-refractivity contribution in [3.8, 4) is 11.1 Å². The highest BCUT2D eigenvalue weighted by Gasteiger charge is 2.20. The smallest absolute Gasteiger partial charge is 0.164 e. The predicted molar refractivity (Wildman–Crippen MR) is 75.7 cm³/mol. The third kappa shape index (κ3) is 1.65. The lowest BCUT2D eigenvalue weighted by atomic mass is 9.87. The summed E-state index contributed by atoms with van der Waals surface area (Å²) in [4.78, 5) is 16.2. The molecule has 0 amide bonds. The number of carbonyl (C=O) groups excluding carboxylic acids is 1. The summed E-state index contributed by atoms with van der Waals surface area (Å²) in [7, 11) is 0. The van der Waals surface area contributed by atoms with Crippen molar-refractivity contribution >= 4 is 11.3 Å². The van der Waals surface area contributed by atoms with Crippen LogP contribution in [0.4, 0.5) is 0 Å². The van der Waals surface area contributed by atoms with Crippen molar-refractivity contribution in [1.29, 1.82) is 0 Å². The van der Waals surface area contributed by atoms with Crippen molar-refractivity contribution < 1.29 is 4.79 Å². The summed E-state index contributed by atoms with van der Waals surface area (Å²) >= 11 is 0. The SMILES string of the molecule is O=C1CCCc2c1cncc2-c1ccn2nccc2c1. The fraction of sp³-hybridized carbons (Fsp3) is 0.188. The molecule has 3 heterocycles. The summed E-state index contributed by atoms with van der Waals surface area (Å²) in [5, 5.41) is 4.20. The van der Waals surface area contributed by atoms with Crippen LogP contribution in [0.25, 0.3) is 16.6 Å². The zero-order valence-electron chi connectivity index (χ0n) is 10.9. The Morgan fingerprint density at radius 3 is 2.95 bits per heavy atom. The Morgan fingerprint density at radius 1 is 1.10 bits per heavy atom. The van der Waals surface area contributed by atoms with Crippen LogP contribution in [0.5, 0.6) is 0 Å². The van der Waals surface area contributed by atoms with Crippen molar-refractivity contribution in [3.05, 3.63) is 54.1 Å². The van der Waals surface area contributed by atoms with Gasteiger partial charge in [-0.25, -0.2) is 4.52 Å². The molecule has 0 saturated heterocycles. The van der Waals surface area contributed by atoms with E-state index < -0.39 is 0 Å². The van der Waals surface area contributed by atoms with Crippen LogP contribution in [-0.4, -0.2) is 20.4 Å². The average Bonchev–Trinajstić information content (AvgIpc) is 2.94. The zero-order valence-corrected chi connectivity index (χ0v) is 10.9. The van der Waals surface area contributed by atoms with Crippen molar-refractivity contribution in [1.82, 2.24) is 14.6 Å². The van der Waals surface area contributed by atoms with Crippen LogP contribution in [0.3, 0.4) is 0 Å². The highest BCUT2D eigenvalue weighted by atomic mass is 16.1. The second-order valence-corrected chi connectivity index (χ2v) is 5.11. The summed E-state index contributed by atoms with van der Waals surface area (Å²) in [6.07, 6.45) is 9.80. The van der Waals surface area contributed by atoms with Crippen molar-refractivity contribution in [2.24, 2.45) is 0 Å². The minimum absolute atomic E-state index is 0.214. The van der Waals surface area contributed by atoms with E-state index in [2.05, 4.69) is 16.1 Å².